The lowest BCUT2D eigenvalue weighted by molar-refractivity contribution is 0.104. The van der Waals surface area contributed by atoms with Crippen LogP contribution < -0.4 is 0 Å². The van der Waals surface area contributed by atoms with Crippen LogP contribution in [0.1, 0.15) is 17.7 Å². The molecule has 10 heteroatoms. The second-order valence-corrected chi connectivity index (χ2v) is 7.53. The number of aliphatic hydroxyl groups is 1. The van der Waals surface area contributed by atoms with Crippen molar-refractivity contribution in [3.63, 3.8) is 0 Å². The third kappa shape index (κ3) is 5.03. The van der Waals surface area contributed by atoms with Gasteiger partial charge in [0.2, 0.25) is 0 Å². The zero-order valence-electron chi connectivity index (χ0n) is 14.3. The zero-order valence-corrected chi connectivity index (χ0v) is 15.1. The molecule has 0 aromatic carbocycles. The van der Waals surface area contributed by atoms with Crippen molar-refractivity contribution in [1.29, 1.82) is 0 Å². The number of aliphatic hydroxyl groups excluding tert-OH is 1. The van der Waals surface area contributed by atoms with E-state index in [2.05, 4.69) is 11.7 Å². The van der Waals surface area contributed by atoms with E-state index in [1.54, 1.807) is 17.9 Å². The van der Waals surface area contributed by atoms with E-state index >= 15 is 0 Å². The summed E-state index contributed by atoms with van der Waals surface area (Å²) < 4.78 is 34.6. The van der Waals surface area contributed by atoms with Crippen molar-refractivity contribution in [2.45, 2.75) is 31.6 Å². The summed E-state index contributed by atoms with van der Waals surface area (Å²) >= 11 is 0. The number of aromatic nitrogens is 2. The van der Waals surface area contributed by atoms with E-state index < -0.39 is 22.3 Å². The first kappa shape index (κ1) is 19.4. The predicted molar refractivity (Wildman–Crippen MR) is 89.2 cm³/mol. The van der Waals surface area contributed by atoms with Gasteiger partial charge in [0.25, 0.3) is 10.1 Å². The molecule has 0 radical (unpaired) electrons. The molecule has 2 atom stereocenters. The van der Waals surface area contributed by atoms with Crippen LogP contribution in [0.4, 0.5) is 4.79 Å². The summed E-state index contributed by atoms with van der Waals surface area (Å²) in [4.78, 5) is 13.7. The number of hydrogen-bond donors (Lipinski definition) is 1. The minimum absolute atomic E-state index is 0.0628. The van der Waals surface area contributed by atoms with E-state index in [-0.39, 0.29) is 25.8 Å². The van der Waals surface area contributed by atoms with Gasteiger partial charge in [0, 0.05) is 30.8 Å². The molecule has 0 spiro atoms. The van der Waals surface area contributed by atoms with E-state index in [4.69, 9.17) is 8.92 Å². The number of rotatable bonds is 7. The molecule has 1 aromatic rings. The normalized spacial score (nSPS) is 20.7. The van der Waals surface area contributed by atoms with Crippen LogP contribution in [0.5, 0.6) is 0 Å². The van der Waals surface area contributed by atoms with E-state index in [1.807, 2.05) is 0 Å². The molecular formula is C15H23N3O6S. The molecule has 1 amide bonds. The number of ether oxygens (including phenoxy) is 1. The molecule has 25 heavy (non-hydrogen) atoms. The third-order valence-corrected chi connectivity index (χ3v) is 4.62. The van der Waals surface area contributed by atoms with Crippen LogP contribution in [0.3, 0.4) is 0 Å². The van der Waals surface area contributed by atoms with Crippen molar-refractivity contribution in [2.75, 3.05) is 19.4 Å². The quantitative estimate of drug-likeness (QED) is 0.537. The van der Waals surface area contributed by atoms with Crippen LogP contribution in [0, 0.1) is 0 Å². The minimum Gasteiger partial charge on any atom is -0.445 e. The molecule has 0 bridgehead atoms. The lowest BCUT2D eigenvalue weighted by Gasteiger charge is -2.23. The summed E-state index contributed by atoms with van der Waals surface area (Å²) in [6.07, 6.45) is 3.55. The Morgan fingerprint density at radius 3 is 2.88 bits per heavy atom. The monoisotopic (exact) mass is 373 g/mol. The summed E-state index contributed by atoms with van der Waals surface area (Å²) in [6, 6.07) is -0.329. The van der Waals surface area contributed by atoms with Gasteiger partial charge >= 0.3 is 6.09 Å². The predicted octanol–water partition coefficient (Wildman–Crippen LogP) is 0.197. The smallest absolute Gasteiger partial charge is 0.410 e. The molecule has 1 aromatic heterocycles. The Morgan fingerprint density at radius 1 is 1.56 bits per heavy atom. The van der Waals surface area contributed by atoms with Gasteiger partial charge in [0.05, 0.1) is 31.7 Å². The second-order valence-electron chi connectivity index (χ2n) is 5.93. The average molecular weight is 373 g/mol. The maximum atomic E-state index is 12.3. The molecule has 1 aliphatic heterocycles. The Bertz CT molecular complexity index is 730. The molecule has 2 heterocycles. The molecule has 1 N–H and O–H groups in total. The van der Waals surface area contributed by atoms with Crippen molar-refractivity contribution in [3.05, 3.63) is 30.1 Å². The number of hydrogen-bond acceptors (Lipinski definition) is 7. The topological polar surface area (TPSA) is 111 Å². The molecule has 9 nitrogen and oxygen atoms in total. The highest BCUT2D eigenvalue weighted by Crippen LogP contribution is 2.26. The molecule has 1 fully saturated rings. The van der Waals surface area contributed by atoms with Gasteiger partial charge in [-0.15, -0.1) is 0 Å². The summed E-state index contributed by atoms with van der Waals surface area (Å²) in [5, 5.41) is 13.5. The van der Waals surface area contributed by atoms with Crippen LogP contribution in [0.2, 0.25) is 0 Å². The standard InChI is InChI=1S/C15H23N3O6S/c1-4-5-23-15(20)18-9-13(24-25(3,21)22)6-12(18)7-14-11(10-19)8-16-17(14)2/h4,8,12-13,19H,1,5-7,9-10H2,2-3H3. The van der Waals surface area contributed by atoms with Gasteiger partial charge in [0.1, 0.15) is 6.61 Å². The largest absolute Gasteiger partial charge is 0.445 e. The highest BCUT2D eigenvalue weighted by Gasteiger charge is 2.39. The van der Waals surface area contributed by atoms with Gasteiger partial charge in [-0.2, -0.15) is 13.5 Å². The summed E-state index contributed by atoms with van der Waals surface area (Å²) in [5.74, 6) is 0. The number of nitrogens with zero attached hydrogens (tertiary/aromatic N) is 3. The van der Waals surface area contributed by atoms with Crippen molar-refractivity contribution < 1.29 is 27.2 Å². The van der Waals surface area contributed by atoms with Crippen molar-refractivity contribution >= 4 is 16.2 Å². The van der Waals surface area contributed by atoms with Gasteiger partial charge in [-0.1, -0.05) is 12.7 Å². The van der Waals surface area contributed by atoms with Gasteiger partial charge < -0.3 is 14.7 Å². The molecule has 1 aliphatic rings. The second kappa shape index (κ2) is 7.98. The zero-order chi connectivity index (χ0) is 18.6. The van der Waals surface area contributed by atoms with E-state index in [1.165, 1.54) is 11.0 Å². The fourth-order valence-electron chi connectivity index (χ4n) is 2.95. The summed E-state index contributed by atoms with van der Waals surface area (Å²) in [6.45, 7) is 3.50. The molecule has 1 saturated heterocycles. The van der Waals surface area contributed by atoms with Crippen LogP contribution in [-0.2, 0) is 39.1 Å². The number of amides is 1. The molecule has 2 unspecified atom stereocenters. The SMILES string of the molecule is C=CCOC(=O)N1CC(OS(C)(=O)=O)CC1Cc1c(CO)cnn1C. The Kier molecular flexibility index (Phi) is 6.20. The van der Waals surface area contributed by atoms with Gasteiger partial charge in [-0.3, -0.25) is 8.86 Å². The fraction of sp³-hybridized carbons (Fsp3) is 0.600. The third-order valence-electron chi connectivity index (χ3n) is 3.99. The van der Waals surface area contributed by atoms with Crippen LogP contribution in [0.25, 0.3) is 0 Å². The molecule has 0 aliphatic carbocycles. The van der Waals surface area contributed by atoms with E-state index in [0.29, 0.717) is 18.4 Å². The number of aryl methyl sites for hydroxylation is 1. The number of likely N-dealkylation sites (tertiary alicyclic amines) is 1. The summed E-state index contributed by atoms with van der Waals surface area (Å²) in [5.41, 5.74) is 1.43. The van der Waals surface area contributed by atoms with Crippen LogP contribution in [0.15, 0.2) is 18.9 Å². The van der Waals surface area contributed by atoms with Crippen molar-refractivity contribution in [2.24, 2.45) is 7.05 Å². The Labute approximate surface area is 146 Å². The fourth-order valence-corrected chi connectivity index (χ4v) is 3.58. The highest BCUT2D eigenvalue weighted by atomic mass is 32.2. The molecular weight excluding hydrogens is 350 g/mol. The van der Waals surface area contributed by atoms with E-state index in [9.17, 15) is 18.3 Å². The Hall–Kier alpha value is -1.91. The van der Waals surface area contributed by atoms with Crippen molar-refractivity contribution in [3.8, 4) is 0 Å². The van der Waals surface area contributed by atoms with Crippen LogP contribution >= 0.6 is 0 Å². The Balaban J connectivity index is 2.19. The molecule has 0 saturated carbocycles. The van der Waals surface area contributed by atoms with Crippen molar-refractivity contribution in [1.82, 2.24) is 14.7 Å². The minimum atomic E-state index is -3.63. The van der Waals surface area contributed by atoms with Crippen LogP contribution in [-0.4, -0.2) is 65.9 Å². The molecule has 140 valence electrons. The first-order chi connectivity index (χ1) is 11.7. The van der Waals surface area contributed by atoms with Gasteiger partial charge in [-0.25, -0.2) is 4.79 Å². The lowest BCUT2D eigenvalue weighted by Crippen LogP contribution is -2.38. The first-order valence-corrected chi connectivity index (χ1v) is 9.60. The number of carbonyl (C=O) groups is 1. The number of carbonyl (C=O) groups excluding carboxylic acids is 1. The first-order valence-electron chi connectivity index (χ1n) is 7.78. The maximum absolute atomic E-state index is 12.3. The molecule has 2 rings (SSSR count). The Morgan fingerprint density at radius 2 is 2.28 bits per heavy atom. The van der Waals surface area contributed by atoms with E-state index in [0.717, 1.165) is 11.9 Å². The lowest BCUT2D eigenvalue weighted by atomic mass is 10.1. The van der Waals surface area contributed by atoms with Gasteiger partial charge in [0.15, 0.2) is 0 Å². The highest BCUT2D eigenvalue weighted by molar-refractivity contribution is 7.86. The summed E-state index contributed by atoms with van der Waals surface area (Å²) in [7, 11) is -1.89. The van der Waals surface area contributed by atoms with Gasteiger partial charge in [-0.05, 0) is 6.42 Å². The average Bonchev–Trinajstić information content (AvgIpc) is 3.08. The maximum Gasteiger partial charge on any atom is 0.410 e.